The van der Waals surface area contributed by atoms with Crippen LogP contribution in [0.3, 0.4) is 0 Å². The standard InChI is InChI=1S/C13H20N2S2/c1-9-7-14-13(16-8-9)15-10(2)6-12-5-4-11(3)17-12/h4-5,9-10H,6-8H2,1-3H3,(H,14,15). The molecule has 0 fully saturated rings. The summed E-state index contributed by atoms with van der Waals surface area (Å²) < 4.78 is 0. The summed E-state index contributed by atoms with van der Waals surface area (Å²) in [5.74, 6) is 1.91. The number of aryl methyl sites for hydroxylation is 1. The van der Waals surface area contributed by atoms with E-state index in [9.17, 15) is 0 Å². The molecule has 1 aliphatic heterocycles. The first-order valence-electron chi connectivity index (χ1n) is 6.12. The van der Waals surface area contributed by atoms with E-state index in [4.69, 9.17) is 0 Å². The Kier molecular flexibility index (Phi) is 4.51. The van der Waals surface area contributed by atoms with Crippen LogP contribution in [0.15, 0.2) is 17.1 Å². The van der Waals surface area contributed by atoms with E-state index in [1.54, 1.807) is 0 Å². The van der Waals surface area contributed by atoms with Crippen LogP contribution >= 0.6 is 23.1 Å². The van der Waals surface area contributed by atoms with Crippen LogP contribution < -0.4 is 5.32 Å². The second kappa shape index (κ2) is 5.91. The van der Waals surface area contributed by atoms with Crippen molar-refractivity contribution in [2.75, 3.05) is 12.3 Å². The van der Waals surface area contributed by atoms with E-state index in [0.717, 1.165) is 24.1 Å². The molecule has 0 spiro atoms. The average Bonchev–Trinajstić information content (AvgIpc) is 2.67. The maximum atomic E-state index is 4.57. The Labute approximate surface area is 112 Å². The van der Waals surface area contributed by atoms with Crippen molar-refractivity contribution >= 4 is 28.3 Å². The fourth-order valence-electron chi connectivity index (χ4n) is 1.80. The number of aliphatic imine (C=N–C) groups is 1. The number of rotatable bonds is 3. The molecule has 2 rings (SSSR count). The largest absolute Gasteiger partial charge is 0.362 e. The van der Waals surface area contributed by atoms with Crippen molar-refractivity contribution in [2.45, 2.75) is 33.2 Å². The quantitative estimate of drug-likeness (QED) is 0.909. The van der Waals surface area contributed by atoms with Gasteiger partial charge in [-0.2, -0.15) is 0 Å². The Morgan fingerprint density at radius 2 is 2.35 bits per heavy atom. The third-order valence-electron chi connectivity index (χ3n) is 2.72. The van der Waals surface area contributed by atoms with Gasteiger partial charge in [0.25, 0.3) is 0 Å². The molecule has 4 heteroatoms. The monoisotopic (exact) mass is 268 g/mol. The van der Waals surface area contributed by atoms with Crippen LogP contribution in [0.4, 0.5) is 0 Å². The van der Waals surface area contributed by atoms with Gasteiger partial charge in [-0.15, -0.1) is 11.3 Å². The highest BCUT2D eigenvalue weighted by molar-refractivity contribution is 8.13. The lowest BCUT2D eigenvalue weighted by atomic mass is 10.2. The summed E-state index contributed by atoms with van der Waals surface area (Å²) in [5, 5.41) is 4.65. The van der Waals surface area contributed by atoms with Gasteiger partial charge in [0.15, 0.2) is 5.17 Å². The normalized spacial score (nSPS) is 22.1. The van der Waals surface area contributed by atoms with Gasteiger partial charge in [-0.05, 0) is 31.9 Å². The summed E-state index contributed by atoms with van der Waals surface area (Å²) in [7, 11) is 0. The molecule has 0 amide bonds. The zero-order valence-corrected chi connectivity index (χ0v) is 12.3. The molecule has 0 radical (unpaired) electrons. The summed E-state index contributed by atoms with van der Waals surface area (Å²) in [6, 6.07) is 4.89. The second-order valence-electron chi connectivity index (χ2n) is 4.82. The third-order valence-corrected chi connectivity index (χ3v) is 5.00. The summed E-state index contributed by atoms with van der Waals surface area (Å²) in [5.41, 5.74) is 0. The second-order valence-corrected chi connectivity index (χ2v) is 7.21. The molecule has 17 heavy (non-hydrogen) atoms. The van der Waals surface area contributed by atoms with Gasteiger partial charge >= 0.3 is 0 Å². The van der Waals surface area contributed by atoms with Crippen LogP contribution in [-0.4, -0.2) is 23.5 Å². The lowest BCUT2D eigenvalue weighted by Crippen LogP contribution is -2.34. The Hall–Kier alpha value is -0.480. The van der Waals surface area contributed by atoms with Gasteiger partial charge in [-0.25, -0.2) is 0 Å². The maximum absolute atomic E-state index is 4.57. The number of hydrogen-bond acceptors (Lipinski definition) is 4. The molecular formula is C13H20N2S2. The number of thiophene rings is 1. The molecule has 0 aromatic carbocycles. The van der Waals surface area contributed by atoms with Crippen LogP contribution in [0.5, 0.6) is 0 Å². The van der Waals surface area contributed by atoms with Gasteiger partial charge in [0.1, 0.15) is 0 Å². The highest BCUT2D eigenvalue weighted by Gasteiger charge is 2.14. The third kappa shape index (κ3) is 4.03. The molecule has 1 aromatic heterocycles. The molecule has 1 aliphatic rings. The first-order valence-corrected chi connectivity index (χ1v) is 7.93. The SMILES string of the molecule is Cc1ccc(CC(C)NC2=NCC(C)CS2)s1. The lowest BCUT2D eigenvalue weighted by Gasteiger charge is -2.21. The van der Waals surface area contributed by atoms with Crippen molar-refractivity contribution in [3.63, 3.8) is 0 Å². The lowest BCUT2D eigenvalue weighted by molar-refractivity contribution is 0.644. The predicted octanol–water partition coefficient (Wildman–Crippen LogP) is 3.32. The van der Waals surface area contributed by atoms with Gasteiger partial charge in [0.05, 0.1) is 0 Å². The number of amidine groups is 1. The predicted molar refractivity (Wildman–Crippen MR) is 79.3 cm³/mol. The van der Waals surface area contributed by atoms with E-state index in [1.807, 2.05) is 23.1 Å². The zero-order chi connectivity index (χ0) is 12.3. The molecule has 2 nitrogen and oxygen atoms in total. The Morgan fingerprint density at radius 1 is 1.53 bits per heavy atom. The number of thioether (sulfide) groups is 1. The average molecular weight is 268 g/mol. The fourth-order valence-corrected chi connectivity index (χ4v) is 3.82. The Balaban J connectivity index is 1.83. The molecule has 0 saturated heterocycles. The van der Waals surface area contributed by atoms with Gasteiger partial charge < -0.3 is 5.32 Å². The van der Waals surface area contributed by atoms with Gasteiger partial charge in [-0.3, -0.25) is 4.99 Å². The Bertz CT molecular complexity index is 398. The summed E-state index contributed by atoms with van der Waals surface area (Å²) in [6.45, 7) is 7.62. The summed E-state index contributed by atoms with van der Waals surface area (Å²) >= 11 is 3.75. The minimum atomic E-state index is 0.465. The molecule has 0 aliphatic carbocycles. The van der Waals surface area contributed by atoms with Crippen molar-refractivity contribution in [3.8, 4) is 0 Å². The molecule has 0 bridgehead atoms. The summed E-state index contributed by atoms with van der Waals surface area (Å²) in [4.78, 5) is 7.42. The van der Waals surface area contributed by atoms with E-state index < -0.39 is 0 Å². The van der Waals surface area contributed by atoms with E-state index in [-0.39, 0.29) is 0 Å². The van der Waals surface area contributed by atoms with E-state index in [1.165, 1.54) is 15.5 Å². The van der Waals surface area contributed by atoms with Crippen molar-refractivity contribution in [1.82, 2.24) is 5.32 Å². The van der Waals surface area contributed by atoms with Crippen molar-refractivity contribution in [3.05, 3.63) is 21.9 Å². The van der Waals surface area contributed by atoms with Crippen LogP contribution in [-0.2, 0) is 6.42 Å². The first-order chi connectivity index (χ1) is 8.13. The molecule has 0 saturated carbocycles. The number of nitrogens with zero attached hydrogens (tertiary/aromatic N) is 1. The van der Waals surface area contributed by atoms with Gasteiger partial charge in [0.2, 0.25) is 0 Å². The molecular weight excluding hydrogens is 248 g/mol. The van der Waals surface area contributed by atoms with Crippen molar-refractivity contribution in [2.24, 2.45) is 10.9 Å². The first kappa shape index (κ1) is 13.0. The molecule has 1 aromatic rings. The van der Waals surface area contributed by atoms with Crippen LogP contribution in [0, 0.1) is 12.8 Å². The molecule has 2 heterocycles. The van der Waals surface area contributed by atoms with Crippen LogP contribution in [0.25, 0.3) is 0 Å². The Morgan fingerprint density at radius 3 is 2.94 bits per heavy atom. The molecule has 2 atom stereocenters. The minimum absolute atomic E-state index is 0.465. The van der Waals surface area contributed by atoms with Crippen molar-refractivity contribution in [1.29, 1.82) is 0 Å². The number of hydrogen-bond donors (Lipinski definition) is 1. The zero-order valence-electron chi connectivity index (χ0n) is 10.7. The van der Waals surface area contributed by atoms with Gasteiger partial charge in [-0.1, -0.05) is 18.7 Å². The maximum Gasteiger partial charge on any atom is 0.156 e. The molecule has 2 unspecified atom stereocenters. The van der Waals surface area contributed by atoms with Crippen LogP contribution in [0.2, 0.25) is 0 Å². The highest BCUT2D eigenvalue weighted by atomic mass is 32.2. The van der Waals surface area contributed by atoms with E-state index >= 15 is 0 Å². The summed E-state index contributed by atoms with van der Waals surface area (Å²) in [6.07, 6.45) is 1.09. The molecule has 1 N–H and O–H groups in total. The van der Waals surface area contributed by atoms with E-state index in [2.05, 4.69) is 43.2 Å². The van der Waals surface area contributed by atoms with Gasteiger partial charge in [0, 0.05) is 34.5 Å². The number of nitrogens with one attached hydrogen (secondary N) is 1. The molecule has 94 valence electrons. The topological polar surface area (TPSA) is 24.4 Å². The van der Waals surface area contributed by atoms with Crippen LogP contribution in [0.1, 0.15) is 23.6 Å². The van der Waals surface area contributed by atoms with Crippen molar-refractivity contribution < 1.29 is 0 Å². The smallest absolute Gasteiger partial charge is 0.156 e. The van der Waals surface area contributed by atoms with E-state index in [0.29, 0.717) is 6.04 Å². The highest BCUT2D eigenvalue weighted by Crippen LogP contribution is 2.19. The minimum Gasteiger partial charge on any atom is -0.362 e. The fraction of sp³-hybridized carbons (Fsp3) is 0.615.